The van der Waals surface area contributed by atoms with Crippen LogP contribution in [0.15, 0.2) is 29.3 Å². The van der Waals surface area contributed by atoms with Gasteiger partial charge in [-0.25, -0.2) is 4.39 Å². The number of aliphatic imine (C=N–C) groups is 1. The SMILES string of the molecule is CCNC(=NCC(c1ccc(F)cc1)N(C)C)NCCCOCC1CCOC1.I. The van der Waals surface area contributed by atoms with Crippen LogP contribution in [0, 0.1) is 11.7 Å². The van der Waals surface area contributed by atoms with Crippen molar-refractivity contribution in [2.24, 2.45) is 10.9 Å². The van der Waals surface area contributed by atoms with Crippen LogP contribution in [0.4, 0.5) is 4.39 Å². The Kier molecular flexibility index (Phi) is 13.4. The molecule has 1 aliphatic heterocycles. The van der Waals surface area contributed by atoms with E-state index in [9.17, 15) is 4.39 Å². The van der Waals surface area contributed by atoms with E-state index in [0.29, 0.717) is 12.5 Å². The molecule has 1 aliphatic rings. The lowest BCUT2D eigenvalue weighted by Crippen LogP contribution is -2.38. The number of halogens is 2. The van der Waals surface area contributed by atoms with Crippen molar-refractivity contribution in [2.45, 2.75) is 25.8 Å². The van der Waals surface area contributed by atoms with Gasteiger partial charge in [0.15, 0.2) is 5.96 Å². The van der Waals surface area contributed by atoms with Crippen LogP contribution in [0.1, 0.15) is 31.4 Å². The molecule has 1 saturated heterocycles. The zero-order valence-electron chi connectivity index (χ0n) is 17.8. The Morgan fingerprint density at radius 2 is 2.07 bits per heavy atom. The number of rotatable bonds is 11. The van der Waals surface area contributed by atoms with Crippen molar-refractivity contribution in [3.8, 4) is 0 Å². The van der Waals surface area contributed by atoms with Crippen LogP contribution >= 0.6 is 24.0 Å². The minimum atomic E-state index is -0.220. The second-order valence-corrected chi connectivity index (χ2v) is 7.34. The number of nitrogens with one attached hydrogen (secondary N) is 2. The maximum absolute atomic E-state index is 13.2. The summed E-state index contributed by atoms with van der Waals surface area (Å²) in [5.74, 6) is 1.13. The molecule has 8 heteroatoms. The highest BCUT2D eigenvalue weighted by molar-refractivity contribution is 14.0. The van der Waals surface area contributed by atoms with Gasteiger partial charge in [0.1, 0.15) is 5.82 Å². The van der Waals surface area contributed by atoms with Gasteiger partial charge in [-0.15, -0.1) is 24.0 Å². The molecule has 1 aromatic rings. The molecule has 1 fully saturated rings. The van der Waals surface area contributed by atoms with Gasteiger partial charge in [0.05, 0.1) is 25.8 Å². The van der Waals surface area contributed by atoms with Crippen molar-refractivity contribution in [1.29, 1.82) is 0 Å². The molecule has 166 valence electrons. The summed E-state index contributed by atoms with van der Waals surface area (Å²) in [4.78, 5) is 6.81. The van der Waals surface area contributed by atoms with Crippen LogP contribution in [0.3, 0.4) is 0 Å². The first-order valence-electron chi connectivity index (χ1n) is 10.2. The van der Waals surface area contributed by atoms with Crippen LogP contribution in [0.5, 0.6) is 0 Å². The van der Waals surface area contributed by atoms with Crippen LogP contribution in [0.25, 0.3) is 0 Å². The first-order chi connectivity index (χ1) is 13.6. The average molecular weight is 522 g/mol. The Labute approximate surface area is 191 Å². The Hall–Kier alpha value is -0.970. The Balaban J connectivity index is 0.00000420. The third kappa shape index (κ3) is 10.1. The predicted molar refractivity (Wildman–Crippen MR) is 127 cm³/mol. The van der Waals surface area contributed by atoms with Gasteiger partial charge >= 0.3 is 0 Å². The van der Waals surface area contributed by atoms with Crippen molar-refractivity contribution in [1.82, 2.24) is 15.5 Å². The molecule has 2 unspecified atom stereocenters. The van der Waals surface area contributed by atoms with Crippen molar-refractivity contribution in [3.63, 3.8) is 0 Å². The number of nitrogens with zero attached hydrogens (tertiary/aromatic N) is 2. The molecule has 1 heterocycles. The third-order valence-electron chi connectivity index (χ3n) is 4.78. The molecule has 2 atom stereocenters. The Morgan fingerprint density at radius 1 is 1.31 bits per heavy atom. The number of benzene rings is 1. The topological polar surface area (TPSA) is 58.1 Å². The molecule has 1 aromatic carbocycles. The van der Waals surface area contributed by atoms with Crippen LogP contribution in [-0.2, 0) is 9.47 Å². The summed E-state index contributed by atoms with van der Waals surface area (Å²) < 4.78 is 24.3. The smallest absolute Gasteiger partial charge is 0.191 e. The van der Waals surface area contributed by atoms with Crippen molar-refractivity contribution >= 4 is 29.9 Å². The van der Waals surface area contributed by atoms with E-state index in [2.05, 4.69) is 15.5 Å². The molecule has 0 spiro atoms. The van der Waals surface area contributed by atoms with Crippen LogP contribution in [-0.4, -0.2) is 71.0 Å². The molecule has 29 heavy (non-hydrogen) atoms. The summed E-state index contributed by atoms with van der Waals surface area (Å²) in [6, 6.07) is 6.73. The average Bonchev–Trinajstić information content (AvgIpc) is 3.19. The minimum absolute atomic E-state index is 0. The first kappa shape index (κ1) is 26.1. The van der Waals surface area contributed by atoms with Gasteiger partial charge in [-0.2, -0.15) is 0 Å². The lowest BCUT2D eigenvalue weighted by atomic mass is 10.1. The molecule has 0 saturated carbocycles. The van der Waals surface area contributed by atoms with Gasteiger partial charge in [0, 0.05) is 32.2 Å². The van der Waals surface area contributed by atoms with Gasteiger partial charge in [-0.1, -0.05) is 12.1 Å². The van der Waals surface area contributed by atoms with Crippen LogP contribution < -0.4 is 10.6 Å². The monoisotopic (exact) mass is 522 g/mol. The number of hydrogen-bond donors (Lipinski definition) is 2. The quantitative estimate of drug-likeness (QED) is 0.203. The molecule has 2 N–H and O–H groups in total. The fraction of sp³-hybridized carbons (Fsp3) is 0.667. The third-order valence-corrected chi connectivity index (χ3v) is 4.78. The van der Waals surface area contributed by atoms with E-state index in [1.54, 1.807) is 0 Å². The molecular formula is C21H36FIN4O2. The normalized spacial score (nSPS) is 17.8. The van der Waals surface area contributed by atoms with Gasteiger partial charge < -0.3 is 25.0 Å². The number of ether oxygens (including phenoxy) is 2. The number of hydrogen-bond acceptors (Lipinski definition) is 4. The first-order valence-corrected chi connectivity index (χ1v) is 10.2. The Bertz CT molecular complexity index is 581. The number of guanidine groups is 1. The summed E-state index contributed by atoms with van der Waals surface area (Å²) in [5, 5.41) is 6.64. The highest BCUT2D eigenvalue weighted by Crippen LogP contribution is 2.19. The van der Waals surface area contributed by atoms with Crippen molar-refractivity contribution in [3.05, 3.63) is 35.6 Å². The fourth-order valence-electron chi connectivity index (χ4n) is 3.12. The second-order valence-electron chi connectivity index (χ2n) is 7.34. The van der Waals surface area contributed by atoms with Gasteiger partial charge in [-0.05, 0) is 51.6 Å². The maximum atomic E-state index is 13.2. The summed E-state index contributed by atoms with van der Waals surface area (Å²) in [7, 11) is 4.02. The Morgan fingerprint density at radius 3 is 2.69 bits per heavy atom. The van der Waals surface area contributed by atoms with E-state index in [1.807, 2.05) is 33.2 Å². The van der Waals surface area contributed by atoms with Crippen molar-refractivity contribution < 1.29 is 13.9 Å². The van der Waals surface area contributed by atoms with E-state index in [0.717, 1.165) is 63.9 Å². The standard InChI is InChI=1S/C21H35FN4O2.HI/c1-4-23-21(24-11-5-12-27-15-17-10-13-28-16-17)25-14-20(26(2)3)18-6-8-19(22)9-7-18;/h6-9,17,20H,4-5,10-16H2,1-3H3,(H2,23,24,25);1H. The van der Waals surface area contributed by atoms with E-state index >= 15 is 0 Å². The molecule has 0 aliphatic carbocycles. The lowest BCUT2D eigenvalue weighted by Gasteiger charge is -2.23. The highest BCUT2D eigenvalue weighted by Gasteiger charge is 2.15. The van der Waals surface area contributed by atoms with E-state index < -0.39 is 0 Å². The summed E-state index contributed by atoms with van der Waals surface area (Å²) in [6.07, 6.45) is 2.03. The van der Waals surface area contributed by atoms with E-state index in [1.165, 1.54) is 12.1 Å². The van der Waals surface area contributed by atoms with Crippen LogP contribution in [0.2, 0.25) is 0 Å². The highest BCUT2D eigenvalue weighted by atomic mass is 127. The predicted octanol–water partition coefficient (Wildman–Crippen LogP) is 3.04. The fourth-order valence-corrected chi connectivity index (χ4v) is 3.12. The molecular weight excluding hydrogens is 486 g/mol. The summed E-state index contributed by atoms with van der Waals surface area (Å²) in [6.45, 7) is 7.46. The van der Waals surface area contributed by atoms with Gasteiger partial charge in [0.2, 0.25) is 0 Å². The van der Waals surface area contributed by atoms with Crippen molar-refractivity contribution in [2.75, 3.05) is 60.2 Å². The zero-order chi connectivity index (χ0) is 20.2. The molecule has 0 amide bonds. The largest absolute Gasteiger partial charge is 0.381 e. The zero-order valence-corrected chi connectivity index (χ0v) is 20.2. The summed E-state index contributed by atoms with van der Waals surface area (Å²) in [5.41, 5.74) is 1.05. The molecule has 2 rings (SSSR count). The van der Waals surface area contributed by atoms with E-state index in [-0.39, 0.29) is 35.8 Å². The van der Waals surface area contributed by atoms with E-state index in [4.69, 9.17) is 14.5 Å². The lowest BCUT2D eigenvalue weighted by molar-refractivity contribution is 0.0888. The number of likely N-dealkylation sites (N-methyl/N-ethyl adjacent to an activating group) is 1. The minimum Gasteiger partial charge on any atom is -0.381 e. The summed E-state index contributed by atoms with van der Waals surface area (Å²) >= 11 is 0. The maximum Gasteiger partial charge on any atom is 0.191 e. The molecule has 0 radical (unpaired) electrons. The van der Waals surface area contributed by atoms with Gasteiger partial charge in [0.25, 0.3) is 0 Å². The second kappa shape index (κ2) is 14.9. The molecule has 6 nitrogen and oxygen atoms in total. The molecule has 0 aromatic heterocycles. The van der Waals surface area contributed by atoms with Gasteiger partial charge in [-0.3, -0.25) is 4.99 Å². The molecule has 0 bridgehead atoms.